The molecule has 4 heteroatoms. The summed E-state index contributed by atoms with van der Waals surface area (Å²) in [6.07, 6.45) is 6.87. The van der Waals surface area contributed by atoms with Crippen LogP contribution in [0.3, 0.4) is 0 Å². The normalized spacial score (nSPS) is 10.1. The molecule has 2 aromatic rings. The molecular formula is C10H6BrClN2. The first-order chi connectivity index (χ1) is 6.79. The van der Waals surface area contributed by atoms with Crippen molar-refractivity contribution >= 4 is 27.5 Å². The van der Waals surface area contributed by atoms with E-state index in [0.29, 0.717) is 5.02 Å². The minimum absolute atomic E-state index is 0.675. The molecule has 0 radical (unpaired) electrons. The number of rotatable bonds is 1. The fourth-order valence-electron chi connectivity index (χ4n) is 1.15. The topological polar surface area (TPSA) is 25.8 Å². The minimum atomic E-state index is 0.675. The van der Waals surface area contributed by atoms with Crippen LogP contribution in [0.4, 0.5) is 0 Å². The first kappa shape index (κ1) is 9.62. The molecule has 0 fully saturated rings. The maximum atomic E-state index is 6.04. The van der Waals surface area contributed by atoms with Crippen LogP contribution in [0.5, 0.6) is 0 Å². The van der Waals surface area contributed by atoms with Gasteiger partial charge in [0.15, 0.2) is 0 Å². The molecule has 0 amide bonds. The smallest absolute Gasteiger partial charge is 0.0516 e. The molecule has 0 bridgehead atoms. The van der Waals surface area contributed by atoms with Crippen molar-refractivity contribution < 1.29 is 0 Å². The zero-order valence-corrected chi connectivity index (χ0v) is 9.46. The van der Waals surface area contributed by atoms with Gasteiger partial charge in [0.2, 0.25) is 0 Å². The summed E-state index contributed by atoms with van der Waals surface area (Å²) in [7, 11) is 0. The summed E-state index contributed by atoms with van der Waals surface area (Å²) in [6.45, 7) is 0. The molecule has 70 valence electrons. The van der Waals surface area contributed by atoms with Crippen molar-refractivity contribution in [2.45, 2.75) is 0 Å². The first-order valence-electron chi connectivity index (χ1n) is 3.98. The average Bonchev–Trinajstić information content (AvgIpc) is 2.20. The monoisotopic (exact) mass is 268 g/mol. The van der Waals surface area contributed by atoms with Gasteiger partial charge in [-0.3, -0.25) is 9.97 Å². The zero-order valence-electron chi connectivity index (χ0n) is 7.11. The lowest BCUT2D eigenvalue weighted by Crippen LogP contribution is -1.84. The lowest BCUT2D eigenvalue weighted by Gasteiger charge is -2.04. The second kappa shape index (κ2) is 4.07. The highest BCUT2D eigenvalue weighted by atomic mass is 79.9. The maximum absolute atomic E-state index is 6.04. The molecule has 0 atom stereocenters. The Bertz CT molecular complexity index is 416. The van der Waals surface area contributed by atoms with Crippen LogP contribution in [0.1, 0.15) is 0 Å². The van der Waals surface area contributed by atoms with Crippen LogP contribution in [-0.4, -0.2) is 9.97 Å². The third-order valence-corrected chi connectivity index (χ3v) is 2.85. The summed E-state index contributed by atoms with van der Waals surface area (Å²) in [5.41, 5.74) is 1.83. The third kappa shape index (κ3) is 1.79. The summed E-state index contributed by atoms with van der Waals surface area (Å²) in [5.74, 6) is 0. The molecule has 0 N–H and O–H groups in total. The Morgan fingerprint density at radius 1 is 1.00 bits per heavy atom. The molecular weight excluding hydrogens is 263 g/mol. The van der Waals surface area contributed by atoms with Crippen LogP contribution in [0.2, 0.25) is 5.02 Å². The Balaban J connectivity index is 2.61. The molecule has 0 spiro atoms. The van der Waals surface area contributed by atoms with E-state index in [0.717, 1.165) is 15.6 Å². The molecule has 0 aromatic carbocycles. The van der Waals surface area contributed by atoms with E-state index in [9.17, 15) is 0 Å². The van der Waals surface area contributed by atoms with Crippen LogP contribution < -0.4 is 0 Å². The van der Waals surface area contributed by atoms with Crippen molar-refractivity contribution in [2.24, 2.45) is 0 Å². The summed E-state index contributed by atoms with van der Waals surface area (Å²) in [5, 5.41) is 0.675. The van der Waals surface area contributed by atoms with Gasteiger partial charge in [0.25, 0.3) is 0 Å². The fourth-order valence-corrected chi connectivity index (χ4v) is 1.79. The molecule has 2 nitrogen and oxygen atoms in total. The van der Waals surface area contributed by atoms with E-state index in [2.05, 4.69) is 25.9 Å². The summed E-state index contributed by atoms with van der Waals surface area (Å²) in [6, 6.07) is 3.63. The predicted molar refractivity (Wildman–Crippen MR) is 60.2 cm³/mol. The van der Waals surface area contributed by atoms with Crippen LogP contribution in [-0.2, 0) is 0 Å². The first-order valence-corrected chi connectivity index (χ1v) is 5.15. The Kier molecular flexibility index (Phi) is 2.79. The maximum Gasteiger partial charge on any atom is 0.0516 e. The highest BCUT2D eigenvalue weighted by Crippen LogP contribution is 2.31. The molecule has 2 heterocycles. The van der Waals surface area contributed by atoms with Gasteiger partial charge in [0, 0.05) is 40.4 Å². The number of hydrogen-bond acceptors (Lipinski definition) is 2. The van der Waals surface area contributed by atoms with Crippen molar-refractivity contribution in [1.29, 1.82) is 0 Å². The molecule has 0 aliphatic carbocycles. The van der Waals surface area contributed by atoms with Crippen molar-refractivity contribution in [2.75, 3.05) is 0 Å². The second-order valence-corrected chi connectivity index (χ2v) is 3.97. The van der Waals surface area contributed by atoms with Gasteiger partial charge in [-0.2, -0.15) is 0 Å². The summed E-state index contributed by atoms with van der Waals surface area (Å²) < 4.78 is 0.961. The largest absolute Gasteiger partial charge is 0.264 e. The predicted octanol–water partition coefficient (Wildman–Crippen LogP) is 3.56. The van der Waals surface area contributed by atoms with Crippen molar-refractivity contribution in [3.8, 4) is 11.1 Å². The van der Waals surface area contributed by atoms with Gasteiger partial charge in [0.05, 0.1) is 5.02 Å². The lowest BCUT2D eigenvalue weighted by atomic mass is 10.1. The number of pyridine rings is 2. The number of hydrogen-bond donors (Lipinski definition) is 0. The van der Waals surface area contributed by atoms with Gasteiger partial charge >= 0.3 is 0 Å². The minimum Gasteiger partial charge on any atom is -0.264 e. The van der Waals surface area contributed by atoms with Gasteiger partial charge in [-0.1, -0.05) is 27.5 Å². The van der Waals surface area contributed by atoms with E-state index >= 15 is 0 Å². The Hall–Kier alpha value is -0.930. The third-order valence-electron chi connectivity index (χ3n) is 1.83. The molecule has 2 rings (SSSR count). The van der Waals surface area contributed by atoms with Crippen LogP contribution in [0.15, 0.2) is 41.4 Å². The molecule has 14 heavy (non-hydrogen) atoms. The Labute approximate surface area is 95.1 Å². The van der Waals surface area contributed by atoms with Crippen molar-refractivity contribution in [1.82, 2.24) is 9.97 Å². The van der Waals surface area contributed by atoms with E-state index in [-0.39, 0.29) is 0 Å². The Morgan fingerprint density at radius 2 is 1.64 bits per heavy atom. The summed E-state index contributed by atoms with van der Waals surface area (Å²) >= 11 is 9.48. The van der Waals surface area contributed by atoms with Gasteiger partial charge in [-0.15, -0.1) is 0 Å². The Morgan fingerprint density at radius 3 is 2.29 bits per heavy atom. The molecule has 0 aliphatic heterocycles. The van der Waals surface area contributed by atoms with Crippen LogP contribution in [0.25, 0.3) is 11.1 Å². The molecule has 0 saturated carbocycles. The molecule has 2 aromatic heterocycles. The molecule has 0 unspecified atom stereocenters. The summed E-state index contributed by atoms with van der Waals surface area (Å²) in [4.78, 5) is 8.08. The molecule has 0 aliphatic rings. The molecule has 0 saturated heterocycles. The number of halogens is 2. The van der Waals surface area contributed by atoms with E-state index in [4.69, 9.17) is 11.6 Å². The number of nitrogens with zero attached hydrogens (tertiary/aromatic N) is 2. The van der Waals surface area contributed by atoms with Crippen LogP contribution >= 0.6 is 27.5 Å². The average molecular weight is 270 g/mol. The van der Waals surface area contributed by atoms with Gasteiger partial charge in [0.1, 0.15) is 0 Å². The second-order valence-electron chi connectivity index (χ2n) is 2.71. The highest BCUT2D eigenvalue weighted by Gasteiger charge is 2.06. The fraction of sp³-hybridized carbons (Fsp3) is 0. The van der Waals surface area contributed by atoms with Crippen LogP contribution in [0, 0.1) is 0 Å². The van der Waals surface area contributed by atoms with Gasteiger partial charge < -0.3 is 0 Å². The highest BCUT2D eigenvalue weighted by molar-refractivity contribution is 9.10. The van der Waals surface area contributed by atoms with Crippen molar-refractivity contribution in [3.63, 3.8) is 0 Å². The van der Waals surface area contributed by atoms with E-state index < -0.39 is 0 Å². The standard InChI is InChI=1S/C10H6BrClN2/c11-9-1-3-13-5-7(9)8-6-14-4-2-10(8)12/h1-6H. The van der Waals surface area contributed by atoms with E-state index in [1.54, 1.807) is 30.9 Å². The van der Waals surface area contributed by atoms with Crippen molar-refractivity contribution in [3.05, 3.63) is 46.4 Å². The van der Waals surface area contributed by atoms with E-state index in [1.165, 1.54) is 0 Å². The SMILES string of the molecule is Clc1ccncc1-c1cnccc1Br. The lowest BCUT2D eigenvalue weighted by molar-refractivity contribution is 1.29. The zero-order chi connectivity index (χ0) is 9.97. The van der Waals surface area contributed by atoms with E-state index in [1.807, 2.05) is 6.07 Å². The number of aromatic nitrogens is 2. The van der Waals surface area contributed by atoms with Gasteiger partial charge in [-0.05, 0) is 12.1 Å². The quantitative estimate of drug-likeness (QED) is 0.791. The van der Waals surface area contributed by atoms with Gasteiger partial charge in [-0.25, -0.2) is 0 Å².